The van der Waals surface area contributed by atoms with Crippen molar-refractivity contribution in [1.82, 2.24) is 5.32 Å². The van der Waals surface area contributed by atoms with Crippen LogP contribution in [0.1, 0.15) is 0 Å². The van der Waals surface area contributed by atoms with Crippen molar-refractivity contribution >= 4 is 0 Å². The molecule has 1 aliphatic rings. The second-order valence-electron chi connectivity index (χ2n) is 1.57. The maximum atomic E-state index is 10.1. The molecular weight excluding hydrogens is 80.0 g/mol. The lowest BCUT2D eigenvalue weighted by Gasteiger charge is -2.12. The molecule has 36 valence electrons. The zero-order valence-electron chi connectivity index (χ0n) is 3.69. The van der Waals surface area contributed by atoms with Crippen molar-refractivity contribution in [2.75, 3.05) is 13.6 Å². The molecule has 0 aromatic carbocycles. The molecule has 0 radical (unpaired) electrons. The van der Waals surface area contributed by atoms with E-state index in [4.69, 9.17) is 0 Å². The maximum Gasteiger partial charge on any atom is 0.154 e. The van der Waals surface area contributed by atoms with Crippen LogP contribution in [0, 0.1) is 5.21 Å². The summed E-state index contributed by atoms with van der Waals surface area (Å²) in [7, 11) is 1.60. The summed E-state index contributed by atoms with van der Waals surface area (Å²) in [5.41, 5.74) is 0. The first-order valence-electron chi connectivity index (χ1n) is 2.04. The molecule has 0 aromatic rings. The van der Waals surface area contributed by atoms with Gasteiger partial charge < -0.3 is 10.3 Å². The Morgan fingerprint density at radius 2 is 2.50 bits per heavy atom. The average molecular weight is 88.1 g/mol. The van der Waals surface area contributed by atoms with Gasteiger partial charge in [0.05, 0.1) is 13.6 Å². The van der Waals surface area contributed by atoms with Gasteiger partial charge in [-0.1, -0.05) is 0 Å². The molecule has 1 heterocycles. The molecule has 3 heteroatoms. The van der Waals surface area contributed by atoms with Gasteiger partial charge in [0.1, 0.15) is 0 Å². The van der Waals surface area contributed by atoms with Gasteiger partial charge in [-0.2, -0.15) is 0 Å². The summed E-state index contributed by atoms with van der Waals surface area (Å²) in [5.74, 6) is 0. The number of likely N-dealkylation sites (N-methyl/N-ethyl adjacent to an activating group) is 1. The van der Waals surface area contributed by atoms with Gasteiger partial charge in [-0.25, -0.2) is 0 Å². The van der Waals surface area contributed by atoms with Gasteiger partial charge in [-0.3, -0.25) is 5.32 Å². The SMILES string of the molecule is C[NH+]([O-])C1CN1. The lowest BCUT2D eigenvalue weighted by Crippen LogP contribution is -3.06. The van der Waals surface area contributed by atoms with Crippen LogP contribution >= 0.6 is 0 Å². The molecule has 1 rings (SSSR count). The highest BCUT2D eigenvalue weighted by molar-refractivity contribution is 4.69. The third-order valence-corrected chi connectivity index (χ3v) is 0.899. The zero-order valence-corrected chi connectivity index (χ0v) is 3.69. The van der Waals surface area contributed by atoms with Crippen molar-refractivity contribution in [2.45, 2.75) is 6.17 Å². The molecule has 0 bridgehead atoms. The van der Waals surface area contributed by atoms with Gasteiger partial charge in [-0.15, -0.1) is 0 Å². The highest BCUT2D eigenvalue weighted by atomic mass is 16.5. The summed E-state index contributed by atoms with van der Waals surface area (Å²) in [5, 5.41) is 13.3. The summed E-state index contributed by atoms with van der Waals surface area (Å²) in [6.07, 6.45) is 0.213. The first-order valence-corrected chi connectivity index (χ1v) is 2.04. The van der Waals surface area contributed by atoms with Gasteiger partial charge in [0, 0.05) is 0 Å². The summed E-state index contributed by atoms with van der Waals surface area (Å²) in [6, 6.07) is 0. The van der Waals surface area contributed by atoms with E-state index in [1.807, 2.05) is 0 Å². The lowest BCUT2D eigenvalue weighted by molar-refractivity contribution is -0.838. The quantitative estimate of drug-likeness (QED) is 0.286. The summed E-state index contributed by atoms with van der Waals surface area (Å²) in [6.45, 7) is 0.898. The second-order valence-corrected chi connectivity index (χ2v) is 1.57. The number of hydroxylamine groups is 2. The van der Waals surface area contributed by atoms with Crippen LogP contribution < -0.4 is 10.4 Å². The van der Waals surface area contributed by atoms with Gasteiger partial charge in [0.25, 0.3) is 0 Å². The zero-order chi connectivity index (χ0) is 4.57. The Morgan fingerprint density at radius 1 is 2.00 bits per heavy atom. The fourth-order valence-electron chi connectivity index (χ4n) is 0.346. The molecule has 1 aliphatic heterocycles. The average Bonchev–Trinajstić information content (AvgIpc) is 2.06. The maximum absolute atomic E-state index is 10.1. The van der Waals surface area contributed by atoms with Crippen LogP contribution in [-0.2, 0) is 0 Å². The molecular formula is C3H8N2O. The Labute approximate surface area is 36.5 Å². The highest BCUT2D eigenvalue weighted by Crippen LogP contribution is 1.80. The fraction of sp³-hybridized carbons (Fsp3) is 1.00. The molecule has 1 fully saturated rings. The van der Waals surface area contributed by atoms with E-state index in [0.29, 0.717) is 0 Å². The van der Waals surface area contributed by atoms with Crippen molar-refractivity contribution in [3.63, 3.8) is 0 Å². The molecule has 2 N–H and O–H groups in total. The van der Waals surface area contributed by atoms with Crippen LogP contribution in [0.15, 0.2) is 0 Å². The smallest absolute Gasteiger partial charge is 0.154 e. The molecule has 6 heavy (non-hydrogen) atoms. The van der Waals surface area contributed by atoms with E-state index in [-0.39, 0.29) is 11.2 Å². The summed E-state index contributed by atoms with van der Waals surface area (Å²) >= 11 is 0. The van der Waals surface area contributed by atoms with Crippen molar-refractivity contribution in [3.8, 4) is 0 Å². The van der Waals surface area contributed by atoms with Crippen molar-refractivity contribution < 1.29 is 5.06 Å². The molecule has 3 nitrogen and oxygen atoms in total. The molecule has 0 amide bonds. The van der Waals surface area contributed by atoms with Crippen LogP contribution in [0.4, 0.5) is 0 Å². The van der Waals surface area contributed by atoms with E-state index in [0.717, 1.165) is 6.54 Å². The van der Waals surface area contributed by atoms with E-state index in [1.54, 1.807) is 7.05 Å². The molecule has 0 aromatic heterocycles. The van der Waals surface area contributed by atoms with Crippen LogP contribution in [-0.4, -0.2) is 19.8 Å². The minimum atomic E-state index is 0.213. The topological polar surface area (TPSA) is 49.4 Å². The summed E-state index contributed by atoms with van der Waals surface area (Å²) in [4.78, 5) is 0. The van der Waals surface area contributed by atoms with E-state index in [1.165, 1.54) is 0 Å². The number of hydrogen-bond acceptors (Lipinski definition) is 2. The lowest BCUT2D eigenvalue weighted by atomic mass is 10.8. The third kappa shape index (κ3) is 0.680. The van der Waals surface area contributed by atoms with Crippen LogP contribution in [0.5, 0.6) is 0 Å². The highest BCUT2D eigenvalue weighted by Gasteiger charge is 2.23. The largest absolute Gasteiger partial charge is 0.633 e. The Kier molecular flexibility index (Phi) is 0.799. The molecule has 2 atom stereocenters. The molecule has 0 aliphatic carbocycles. The Hall–Kier alpha value is -0.120. The number of hydrogen-bond donors (Lipinski definition) is 2. The van der Waals surface area contributed by atoms with Gasteiger partial charge in [-0.05, 0) is 0 Å². The minimum absolute atomic E-state index is 0.213. The van der Waals surface area contributed by atoms with Gasteiger partial charge >= 0.3 is 0 Å². The Bertz CT molecular complexity index is 50.8. The van der Waals surface area contributed by atoms with E-state index in [9.17, 15) is 5.21 Å². The standard InChI is InChI=1S/C3H8N2O/c1-5(6)3-2-4-3/h3-5H,2H2,1H3. The minimum Gasteiger partial charge on any atom is -0.633 e. The Morgan fingerprint density at radius 3 is 2.50 bits per heavy atom. The number of nitrogens with one attached hydrogen (secondary N) is 2. The molecule has 0 spiro atoms. The second kappa shape index (κ2) is 1.18. The van der Waals surface area contributed by atoms with Crippen LogP contribution in [0.25, 0.3) is 0 Å². The normalized spacial score (nSPS) is 36.0. The Balaban J connectivity index is 2.13. The van der Waals surface area contributed by atoms with Crippen molar-refractivity contribution in [3.05, 3.63) is 5.21 Å². The predicted octanol–water partition coefficient (Wildman–Crippen LogP) is -2.07. The van der Waals surface area contributed by atoms with Gasteiger partial charge in [0.2, 0.25) is 0 Å². The number of quaternary nitrogens is 1. The van der Waals surface area contributed by atoms with E-state index in [2.05, 4.69) is 5.32 Å². The third-order valence-electron chi connectivity index (χ3n) is 0.899. The van der Waals surface area contributed by atoms with Gasteiger partial charge in [0.15, 0.2) is 6.17 Å². The molecule has 0 saturated carbocycles. The van der Waals surface area contributed by atoms with E-state index >= 15 is 0 Å². The molecule has 2 unspecified atom stereocenters. The summed E-state index contributed by atoms with van der Waals surface area (Å²) < 4.78 is 0. The van der Waals surface area contributed by atoms with Crippen LogP contribution in [0.3, 0.4) is 0 Å². The fourth-order valence-corrected chi connectivity index (χ4v) is 0.346. The first kappa shape index (κ1) is 4.05. The first-order chi connectivity index (χ1) is 2.80. The van der Waals surface area contributed by atoms with Crippen molar-refractivity contribution in [2.24, 2.45) is 0 Å². The monoisotopic (exact) mass is 88.1 g/mol. The molecule has 1 saturated heterocycles. The van der Waals surface area contributed by atoms with Crippen LogP contribution in [0.2, 0.25) is 0 Å². The van der Waals surface area contributed by atoms with Crippen molar-refractivity contribution in [1.29, 1.82) is 0 Å². The van der Waals surface area contributed by atoms with E-state index < -0.39 is 0 Å². The number of rotatable bonds is 1. The predicted molar refractivity (Wildman–Crippen MR) is 22.0 cm³/mol.